The Morgan fingerprint density at radius 1 is 1.35 bits per heavy atom. The lowest BCUT2D eigenvalue weighted by Crippen LogP contribution is -2.50. The van der Waals surface area contributed by atoms with Gasteiger partial charge in [0.2, 0.25) is 0 Å². The summed E-state index contributed by atoms with van der Waals surface area (Å²) < 4.78 is 0. The highest BCUT2D eigenvalue weighted by Crippen LogP contribution is 2.28. The van der Waals surface area contributed by atoms with Crippen molar-refractivity contribution in [3.05, 3.63) is 28.8 Å². The molecule has 1 aliphatic rings. The fraction of sp³-hybridized carbons (Fsp3) is 0.625. The van der Waals surface area contributed by atoms with Gasteiger partial charge in [-0.05, 0) is 44.6 Å². The van der Waals surface area contributed by atoms with Crippen LogP contribution in [-0.4, -0.2) is 44.2 Å². The SMILES string of the molecule is CCCNCc1ccc(Cl)cc1N1CCN(C)CC1C. The molecule has 0 aromatic heterocycles. The molecule has 1 heterocycles. The van der Waals surface area contributed by atoms with Gasteiger partial charge in [0.1, 0.15) is 0 Å². The molecule has 1 N–H and O–H groups in total. The van der Waals surface area contributed by atoms with Crippen molar-refractivity contribution < 1.29 is 0 Å². The van der Waals surface area contributed by atoms with Gasteiger partial charge in [-0.25, -0.2) is 0 Å². The van der Waals surface area contributed by atoms with Crippen LogP contribution in [0.3, 0.4) is 0 Å². The normalized spacial score (nSPS) is 20.4. The van der Waals surface area contributed by atoms with E-state index in [2.05, 4.69) is 48.1 Å². The van der Waals surface area contributed by atoms with Crippen LogP contribution in [0.5, 0.6) is 0 Å². The van der Waals surface area contributed by atoms with Gasteiger partial charge in [0.15, 0.2) is 0 Å². The molecule has 0 aliphatic carbocycles. The molecule has 1 aromatic rings. The molecule has 1 atom stereocenters. The fourth-order valence-corrected chi connectivity index (χ4v) is 3.02. The topological polar surface area (TPSA) is 18.5 Å². The standard InChI is InChI=1S/C16H26ClN3/c1-4-7-18-11-14-5-6-15(17)10-16(14)20-9-8-19(3)12-13(20)2/h5-6,10,13,18H,4,7-9,11-12H2,1-3H3. The smallest absolute Gasteiger partial charge is 0.0430 e. The number of nitrogens with zero attached hydrogens (tertiary/aromatic N) is 2. The first-order chi connectivity index (χ1) is 9.61. The van der Waals surface area contributed by atoms with E-state index in [0.29, 0.717) is 6.04 Å². The molecule has 3 nitrogen and oxygen atoms in total. The molecule has 0 bridgehead atoms. The Labute approximate surface area is 127 Å². The lowest BCUT2D eigenvalue weighted by molar-refractivity contribution is 0.275. The lowest BCUT2D eigenvalue weighted by Gasteiger charge is -2.40. The zero-order valence-corrected chi connectivity index (χ0v) is 13.6. The molecule has 1 fully saturated rings. The molecular formula is C16H26ClN3. The largest absolute Gasteiger partial charge is 0.366 e. The van der Waals surface area contributed by atoms with Crippen LogP contribution in [0.4, 0.5) is 5.69 Å². The lowest BCUT2D eigenvalue weighted by atomic mass is 10.1. The second-order valence-corrected chi connectivity index (χ2v) is 6.19. The summed E-state index contributed by atoms with van der Waals surface area (Å²) in [5.74, 6) is 0. The van der Waals surface area contributed by atoms with E-state index in [-0.39, 0.29) is 0 Å². The number of hydrogen-bond donors (Lipinski definition) is 1. The molecule has 0 radical (unpaired) electrons. The zero-order valence-electron chi connectivity index (χ0n) is 12.8. The fourth-order valence-electron chi connectivity index (χ4n) is 2.85. The van der Waals surface area contributed by atoms with Gasteiger partial charge in [-0.15, -0.1) is 0 Å². The van der Waals surface area contributed by atoms with Crippen molar-refractivity contribution >= 4 is 17.3 Å². The van der Waals surface area contributed by atoms with Crippen molar-refractivity contribution in [2.75, 3.05) is 38.1 Å². The Kier molecular flexibility index (Phi) is 5.70. The third-order valence-electron chi connectivity index (χ3n) is 3.93. The van der Waals surface area contributed by atoms with Crippen LogP contribution in [0.25, 0.3) is 0 Å². The first-order valence-electron chi connectivity index (χ1n) is 7.56. The summed E-state index contributed by atoms with van der Waals surface area (Å²) >= 11 is 6.22. The van der Waals surface area contributed by atoms with E-state index in [0.717, 1.165) is 44.2 Å². The van der Waals surface area contributed by atoms with Gasteiger partial charge < -0.3 is 15.1 Å². The highest BCUT2D eigenvalue weighted by molar-refractivity contribution is 6.30. The summed E-state index contributed by atoms with van der Waals surface area (Å²) in [5, 5.41) is 4.32. The molecule has 4 heteroatoms. The Hall–Kier alpha value is -0.770. The summed E-state index contributed by atoms with van der Waals surface area (Å²) in [6.45, 7) is 9.74. The van der Waals surface area contributed by atoms with Gasteiger partial charge >= 0.3 is 0 Å². The maximum Gasteiger partial charge on any atom is 0.0430 e. The van der Waals surface area contributed by atoms with E-state index in [1.54, 1.807) is 0 Å². The predicted molar refractivity (Wildman–Crippen MR) is 87.8 cm³/mol. The van der Waals surface area contributed by atoms with E-state index >= 15 is 0 Å². The van der Waals surface area contributed by atoms with Crippen molar-refractivity contribution in [1.82, 2.24) is 10.2 Å². The Balaban J connectivity index is 2.17. The van der Waals surface area contributed by atoms with E-state index in [4.69, 9.17) is 11.6 Å². The maximum absolute atomic E-state index is 6.22. The number of likely N-dealkylation sites (N-methyl/N-ethyl adjacent to an activating group) is 1. The summed E-state index contributed by atoms with van der Waals surface area (Å²) in [7, 11) is 2.19. The van der Waals surface area contributed by atoms with Gasteiger partial charge in [-0.1, -0.05) is 24.6 Å². The molecule has 1 saturated heterocycles. The van der Waals surface area contributed by atoms with Gasteiger partial charge in [0.25, 0.3) is 0 Å². The molecule has 0 spiro atoms. The molecule has 0 saturated carbocycles. The van der Waals surface area contributed by atoms with Crippen LogP contribution in [0.2, 0.25) is 5.02 Å². The number of piperazine rings is 1. The molecule has 20 heavy (non-hydrogen) atoms. The predicted octanol–water partition coefficient (Wildman–Crippen LogP) is 2.98. The summed E-state index contributed by atoms with van der Waals surface area (Å²) in [6, 6.07) is 6.80. The molecule has 112 valence electrons. The van der Waals surface area contributed by atoms with Crippen molar-refractivity contribution in [3.8, 4) is 0 Å². The summed E-state index contributed by atoms with van der Waals surface area (Å²) in [5.41, 5.74) is 2.64. The quantitative estimate of drug-likeness (QED) is 0.843. The van der Waals surface area contributed by atoms with Crippen LogP contribution < -0.4 is 10.2 Å². The van der Waals surface area contributed by atoms with E-state index in [9.17, 15) is 0 Å². The maximum atomic E-state index is 6.22. The third-order valence-corrected chi connectivity index (χ3v) is 4.16. The van der Waals surface area contributed by atoms with Crippen LogP contribution in [0, 0.1) is 0 Å². The van der Waals surface area contributed by atoms with Crippen LogP contribution in [0.1, 0.15) is 25.8 Å². The monoisotopic (exact) mass is 295 g/mol. The first-order valence-corrected chi connectivity index (χ1v) is 7.94. The first kappa shape index (κ1) is 15.6. The van der Waals surface area contributed by atoms with Crippen LogP contribution >= 0.6 is 11.6 Å². The molecule has 1 aromatic carbocycles. The number of hydrogen-bond acceptors (Lipinski definition) is 3. The van der Waals surface area contributed by atoms with Crippen LogP contribution in [-0.2, 0) is 6.54 Å². The Morgan fingerprint density at radius 2 is 2.15 bits per heavy atom. The van der Waals surface area contributed by atoms with Gasteiger partial charge in [0.05, 0.1) is 0 Å². The third kappa shape index (κ3) is 3.87. The molecule has 1 unspecified atom stereocenters. The van der Waals surface area contributed by atoms with Gasteiger partial charge in [-0.3, -0.25) is 0 Å². The number of nitrogens with one attached hydrogen (secondary N) is 1. The number of halogens is 1. The number of benzene rings is 1. The zero-order chi connectivity index (χ0) is 14.5. The number of anilines is 1. The highest BCUT2D eigenvalue weighted by atomic mass is 35.5. The summed E-state index contributed by atoms with van der Waals surface area (Å²) in [6.07, 6.45) is 1.16. The van der Waals surface area contributed by atoms with E-state index in [1.165, 1.54) is 11.3 Å². The van der Waals surface area contributed by atoms with E-state index in [1.807, 2.05) is 6.07 Å². The van der Waals surface area contributed by atoms with Crippen molar-refractivity contribution in [2.24, 2.45) is 0 Å². The van der Waals surface area contributed by atoms with Crippen molar-refractivity contribution in [1.29, 1.82) is 0 Å². The summed E-state index contributed by atoms with van der Waals surface area (Å²) in [4.78, 5) is 4.88. The Bertz CT molecular complexity index is 436. The second-order valence-electron chi connectivity index (χ2n) is 5.75. The molecule has 0 amide bonds. The Morgan fingerprint density at radius 3 is 2.85 bits per heavy atom. The second kappa shape index (κ2) is 7.30. The molecule has 1 aliphatic heterocycles. The van der Waals surface area contributed by atoms with Gasteiger partial charge in [-0.2, -0.15) is 0 Å². The molecular weight excluding hydrogens is 270 g/mol. The van der Waals surface area contributed by atoms with Crippen LogP contribution in [0.15, 0.2) is 18.2 Å². The highest BCUT2D eigenvalue weighted by Gasteiger charge is 2.23. The minimum Gasteiger partial charge on any atom is -0.366 e. The van der Waals surface area contributed by atoms with Gasteiger partial charge in [0, 0.05) is 42.9 Å². The van der Waals surface area contributed by atoms with Crippen molar-refractivity contribution in [3.63, 3.8) is 0 Å². The molecule has 2 rings (SSSR count). The van der Waals surface area contributed by atoms with E-state index < -0.39 is 0 Å². The average Bonchev–Trinajstić information content (AvgIpc) is 2.41. The number of rotatable bonds is 5. The minimum absolute atomic E-state index is 0.525. The average molecular weight is 296 g/mol. The van der Waals surface area contributed by atoms with Crippen molar-refractivity contribution in [2.45, 2.75) is 32.9 Å². The minimum atomic E-state index is 0.525.